The zero-order valence-corrected chi connectivity index (χ0v) is 11.0. The van der Waals surface area contributed by atoms with Crippen molar-refractivity contribution in [3.8, 4) is 11.1 Å². The molecule has 2 aromatic carbocycles. The molecule has 0 atom stereocenters. The van der Waals surface area contributed by atoms with Gasteiger partial charge in [0.2, 0.25) is 0 Å². The highest BCUT2D eigenvalue weighted by atomic mass is 35.7. The summed E-state index contributed by atoms with van der Waals surface area (Å²) < 4.78 is 0.896. The Hall–Kier alpha value is -0.870. The van der Waals surface area contributed by atoms with Crippen LogP contribution in [0.15, 0.2) is 48.5 Å². The van der Waals surface area contributed by atoms with E-state index in [0.29, 0.717) is 10.7 Å². The Morgan fingerprint density at radius 3 is 1.82 bits per heavy atom. The average Bonchev–Trinajstić information content (AvgIpc) is 2.39. The minimum atomic E-state index is 0.628. The number of hydrogen-bond acceptors (Lipinski definition) is 3. The summed E-state index contributed by atoms with van der Waals surface area (Å²) in [4.78, 5) is 0. The monoisotopic (exact) mass is 285 g/mol. The largest absolute Gasteiger partial charge is 0.277 e. The van der Waals surface area contributed by atoms with Crippen LogP contribution >= 0.6 is 33.4 Å². The molecule has 2 aromatic rings. The fraction of sp³-hybridized carbons (Fsp3) is 0. The summed E-state index contributed by atoms with van der Waals surface area (Å²) in [5.74, 6) is 0. The summed E-state index contributed by atoms with van der Waals surface area (Å²) in [6, 6.07) is 15.0. The Kier molecular flexibility index (Phi) is 4.18. The first-order valence-electron chi connectivity index (χ1n) is 4.84. The Morgan fingerprint density at radius 1 is 0.882 bits per heavy atom. The molecule has 0 fully saturated rings. The molecule has 0 saturated heterocycles. The summed E-state index contributed by atoms with van der Waals surface area (Å²) in [7, 11) is 5.44. The number of nitrogens with zero attached hydrogens (tertiary/aromatic N) is 1. The van der Waals surface area contributed by atoms with E-state index in [1.165, 1.54) is 0 Å². The molecule has 2 nitrogen and oxygen atoms in total. The van der Waals surface area contributed by atoms with Crippen molar-refractivity contribution in [2.75, 3.05) is 4.47 Å². The van der Waals surface area contributed by atoms with Crippen molar-refractivity contribution in [1.29, 1.82) is 0 Å². The van der Waals surface area contributed by atoms with Crippen molar-refractivity contribution in [2.45, 2.75) is 0 Å². The Bertz CT molecular complexity index is 487. The van der Waals surface area contributed by atoms with E-state index < -0.39 is 0 Å². The second-order valence-electron chi connectivity index (χ2n) is 3.40. The Balaban J connectivity index is 2.26. The molecule has 0 spiro atoms. The maximum atomic E-state index is 9.37. The van der Waals surface area contributed by atoms with Crippen LogP contribution in [-0.4, -0.2) is 5.21 Å². The molecule has 2 rings (SSSR count). The maximum Gasteiger partial charge on any atom is 0.0882 e. The van der Waals surface area contributed by atoms with Gasteiger partial charge in [0.25, 0.3) is 0 Å². The molecule has 17 heavy (non-hydrogen) atoms. The van der Waals surface area contributed by atoms with Gasteiger partial charge in [0.15, 0.2) is 0 Å². The van der Waals surface area contributed by atoms with E-state index in [-0.39, 0.29) is 0 Å². The van der Waals surface area contributed by atoms with Crippen LogP contribution in [0, 0.1) is 0 Å². The predicted molar refractivity (Wildman–Crippen MR) is 74.6 cm³/mol. The molecule has 0 amide bonds. The van der Waals surface area contributed by atoms with Gasteiger partial charge in [0, 0.05) is 5.02 Å². The highest BCUT2D eigenvalue weighted by Gasteiger charge is 2.03. The topological polar surface area (TPSA) is 23.5 Å². The molecule has 0 aromatic heterocycles. The lowest BCUT2D eigenvalue weighted by molar-refractivity contribution is 0.333. The standard InChI is InChI=1S/C12H9Cl2NOS/c13-11-5-1-9(2-6-11)10-3-7-12(8-4-10)15(16)17-14/h1-8,16H. The molecule has 0 aliphatic heterocycles. The van der Waals surface area contributed by atoms with Gasteiger partial charge in [-0.2, -0.15) is 4.47 Å². The number of hydrogen-bond donors (Lipinski definition) is 1. The Morgan fingerprint density at radius 2 is 1.35 bits per heavy atom. The molecule has 0 saturated carbocycles. The minimum absolute atomic E-state index is 0.628. The number of anilines is 1. The van der Waals surface area contributed by atoms with E-state index in [2.05, 4.69) is 0 Å². The van der Waals surface area contributed by atoms with Gasteiger partial charge in [-0.1, -0.05) is 35.9 Å². The molecular weight excluding hydrogens is 277 g/mol. The van der Waals surface area contributed by atoms with Gasteiger partial charge in [0.1, 0.15) is 0 Å². The summed E-state index contributed by atoms with van der Waals surface area (Å²) in [5.41, 5.74) is 2.75. The van der Waals surface area contributed by atoms with E-state index in [0.717, 1.165) is 26.8 Å². The lowest BCUT2D eigenvalue weighted by atomic mass is 10.1. The van der Waals surface area contributed by atoms with Gasteiger partial charge < -0.3 is 0 Å². The van der Waals surface area contributed by atoms with Crippen molar-refractivity contribution in [3.05, 3.63) is 53.6 Å². The molecule has 0 heterocycles. The van der Waals surface area contributed by atoms with Crippen LogP contribution < -0.4 is 4.47 Å². The average molecular weight is 286 g/mol. The van der Waals surface area contributed by atoms with Crippen LogP contribution in [0.4, 0.5) is 5.69 Å². The lowest BCUT2D eigenvalue weighted by Crippen LogP contribution is -2.03. The van der Waals surface area contributed by atoms with E-state index in [9.17, 15) is 5.21 Å². The number of benzene rings is 2. The van der Waals surface area contributed by atoms with Crippen molar-refractivity contribution in [3.63, 3.8) is 0 Å². The zero-order chi connectivity index (χ0) is 12.3. The lowest BCUT2D eigenvalue weighted by Gasteiger charge is -2.11. The van der Waals surface area contributed by atoms with E-state index in [1.54, 1.807) is 12.1 Å². The van der Waals surface area contributed by atoms with Crippen molar-refractivity contribution in [2.24, 2.45) is 0 Å². The van der Waals surface area contributed by atoms with Crippen LogP contribution in [0.5, 0.6) is 0 Å². The number of halogens is 2. The quantitative estimate of drug-likeness (QED) is 0.634. The van der Waals surface area contributed by atoms with Gasteiger partial charge in [-0.15, -0.1) is 0 Å². The number of rotatable bonds is 3. The van der Waals surface area contributed by atoms with Gasteiger partial charge >= 0.3 is 0 Å². The van der Waals surface area contributed by atoms with Crippen LogP contribution in [0.25, 0.3) is 11.1 Å². The molecule has 88 valence electrons. The first kappa shape index (κ1) is 12.6. The second-order valence-corrected chi connectivity index (χ2v) is 4.73. The summed E-state index contributed by atoms with van der Waals surface area (Å²) in [6.45, 7) is 0. The van der Waals surface area contributed by atoms with Gasteiger partial charge in [-0.3, -0.25) is 5.21 Å². The van der Waals surface area contributed by atoms with Crippen LogP contribution in [0.2, 0.25) is 5.02 Å². The summed E-state index contributed by atoms with van der Waals surface area (Å²) in [5, 5.41) is 10.1. The van der Waals surface area contributed by atoms with E-state index >= 15 is 0 Å². The van der Waals surface area contributed by atoms with Crippen LogP contribution in [-0.2, 0) is 0 Å². The third kappa shape index (κ3) is 3.07. The van der Waals surface area contributed by atoms with E-state index in [1.807, 2.05) is 36.4 Å². The molecule has 1 N–H and O–H groups in total. The van der Waals surface area contributed by atoms with Crippen molar-refractivity contribution < 1.29 is 5.21 Å². The van der Waals surface area contributed by atoms with Crippen LogP contribution in [0.1, 0.15) is 0 Å². The highest BCUT2D eigenvalue weighted by molar-refractivity contribution is 8.21. The third-order valence-electron chi connectivity index (χ3n) is 2.33. The first-order chi connectivity index (χ1) is 8.20. The molecule has 5 heteroatoms. The molecule has 0 radical (unpaired) electrons. The molecular formula is C12H9Cl2NOS. The summed E-state index contributed by atoms with van der Waals surface area (Å²) in [6.07, 6.45) is 0. The molecule has 0 aliphatic carbocycles. The SMILES string of the molecule is ON(SCl)c1ccc(-c2ccc(Cl)cc2)cc1. The fourth-order valence-electron chi connectivity index (χ4n) is 1.46. The smallest absolute Gasteiger partial charge is 0.0882 e. The van der Waals surface area contributed by atoms with E-state index in [4.69, 9.17) is 22.3 Å². The molecule has 0 aliphatic rings. The normalized spacial score (nSPS) is 10.3. The third-order valence-corrected chi connectivity index (χ3v) is 3.32. The predicted octanol–water partition coefficient (Wildman–Crippen LogP) is 5.00. The highest BCUT2D eigenvalue weighted by Crippen LogP contribution is 2.27. The zero-order valence-electron chi connectivity index (χ0n) is 8.68. The van der Waals surface area contributed by atoms with Gasteiger partial charge in [0.05, 0.1) is 16.8 Å². The fourth-order valence-corrected chi connectivity index (χ4v) is 2.03. The maximum absolute atomic E-state index is 9.37. The minimum Gasteiger partial charge on any atom is -0.277 e. The first-order valence-corrected chi connectivity index (χ1v) is 6.82. The van der Waals surface area contributed by atoms with Gasteiger partial charge in [-0.05, 0) is 46.1 Å². The Labute approximate surface area is 113 Å². The van der Waals surface area contributed by atoms with Gasteiger partial charge in [-0.25, -0.2) is 0 Å². The van der Waals surface area contributed by atoms with Crippen molar-refractivity contribution >= 4 is 39.1 Å². The molecule has 0 unspecified atom stereocenters. The second kappa shape index (κ2) is 5.65. The van der Waals surface area contributed by atoms with Crippen molar-refractivity contribution in [1.82, 2.24) is 0 Å². The molecule has 0 bridgehead atoms. The van der Waals surface area contributed by atoms with Crippen LogP contribution in [0.3, 0.4) is 0 Å². The summed E-state index contributed by atoms with van der Waals surface area (Å²) >= 11 is 6.55.